The minimum absolute atomic E-state index is 0.0417. The van der Waals surface area contributed by atoms with Gasteiger partial charge in [-0.3, -0.25) is 9.48 Å². The number of nitrogens with one attached hydrogen (secondary N) is 1. The van der Waals surface area contributed by atoms with Crippen LogP contribution < -0.4 is 5.32 Å². The molecule has 0 radical (unpaired) electrons. The van der Waals surface area contributed by atoms with E-state index in [1.165, 1.54) is 28.9 Å². The van der Waals surface area contributed by atoms with Gasteiger partial charge in [-0.05, 0) is 38.1 Å². The topological polar surface area (TPSA) is 84.2 Å². The lowest BCUT2D eigenvalue weighted by atomic mass is 10.2. The van der Waals surface area contributed by atoms with Crippen LogP contribution >= 0.6 is 11.6 Å². The Kier molecular flexibility index (Phi) is 4.28. The number of halogens is 1. The first-order chi connectivity index (χ1) is 9.88. The van der Waals surface area contributed by atoms with E-state index in [4.69, 9.17) is 16.7 Å². The van der Waals surface area contributed by atoms with Crippen molar-refractivity contribution in [3.8, 4) is 0 Å². The SMILES string of the molecule is Cc1nn(CC(=O)Nc2ccc(C(=O)O)cc2)c(C)c1Cl. The summed E-state index contributed by atoms with van der Waals surface area (Å²) in [5.74, 6) is -1.27. The third-order valence-electron chi connectivity index (χ3n) is 3.00. The smallest absolute Gasteiger partial charge is 0.335 e. The van der Waals surface area contributed by atoms with E-state index in [1.807, 2.05) is 0 Å². The predicted octanol–water partition coefficient (Wildman–Crippen LogP) is 2.49. The number of carbonyl (C=O) groups is 2. The number of amides is 1. The Bertz CT molecular complexity index is 692. The van der Waals surface area contributed by atoms with Crippen LogP contribution in [0.25, 0.3) is 0 Å². The summed E-state index contributed by atoms with van der Waals surface area (Å²) in [5, 5.41) is 16.2. The molecule has 0 fully saturated rings. The van der Waals surface area contributed by atoms with Crippen LogP contribution in [0.4, 0.5) is 5.69 Å². The van der Waals surface area contributed by atoms with E-state index < -0.39 is 5.97 Å². The fourth-order valence-corrected chi connectivity index (χ4v) is 2.00. The van der Waals surface area contributed by atoms with E-state index in [2.05, 4.69) is 10.4 Å². The van der Waals surface area contributed by atoms with E-state index in [9.17, 15) is 9.59 Å². The van der Waals surface area contributed by atoms with Gasteiger partial charge in [0.2, 0.25) is 5.91 Å². The normalized spacial score (nSPS) is 10.4. The second-order valence-corrected chi connectivity index (χ2v) is 4.95. The molecule has 110 valence electrons. The summed E-state index contributed by atoms with van der Waals surface area (Å²) in [7, 11) is 0. The molecule has 0 aliphatic heterocycles. The molecule has 0 saturated heterocycles. The third-order valence-corrected chi connectivity index (χ3v) is 3.55. The first-order valence-corrected chi connectivity index (χ1v) is 6.59. The maximum atomic E-state index is 11.9. The van der Waals surface area contributed by atoms with Crippen molar-refractivity contribution >= 4 is 29.2 Å². The van der Waals surface area contributed by atoms with Gasteiger partial charge in [-0.15, -0.1) is 0 Å². The lowest BCUT2D eigenvalue weighted by molar-refractivity contribution is -0.116. The van der Waals surface area contributed by atoms with Crippen molar-refractivity contribution in [3.05, 3.63) is 46.2 Å². The molecule has 1 aromatic heterocycles. The zero-order chi connectivity index (χ0) is 15.6. The number of anilines is 1. The average molecular weight is 308 g/mol. The molecule has 7 heteroatoms. The third kappa shape index (κ3) is 3.41. The van der Waals surface area contributed by atoms with E-state index in [-0.39, 0.29) is 18.0 Å². The van der Waals surface area contributed by atoms with Gasteiger partial charge in [-0.2, -0.15) is 5.10 Å². The number of rotatable bonds is 4. The molecule has 1 amide bonds. The molecule has 2 aromatic rings. The van der Waals surface area contributed by atoms with Crippen LogP contribution in [0.15, 0.2) is 24.3 Å². The molecular formula is C14H14ClN3O3. The van der Waals surface area contributed by atoms with Crippen molar-refractivity contribution in [2.75, 3.05) is 5.32 Å². The Morgan fingerprint density at radius 3 is 2.38 bits per heavy atom. The molecule has 0 bridgehead atoms. The molecule has 0 atom stereocenters. The highest BCUT2D eigenvalue weighted by Crippen LogP contribution is 2.18. The van der Waals surface area contributed by atoms with Crippen LogP contribution in [0, 0.1) is 13.8 Å². The summed E-state index contributed by atoms with van der Waals surface area (Å²) in [5.41, 5.74) is 2.09. The summed E-state index contributed by atoms with van der Waals surface area (Å²) in [6.07, 6.45) is 0. The van der Waals surface area contributed by atoms with Gasteiger partial charge in [0.1, 0.15) is 6.54 Å². The Hall–Kier alpha value is -2.34. The number of carbonyl (C=O) groups excluding carboxylic acids is 1. The lowest BCUT2D eigenvalue weighted by Gasteiger charge is -2.07. The van der Waals surface area contributed by atoms with Gasteiger partial charge >= 0.3 is 5.97 Å². The summed E-state index contributed by atoms with van der Waals surface area (Å²) >= 11 is 6.02. The number of carboxylic acids is 1. The van der Waals surface area contributed by atoms with Crippen molar-refractivity contribution in [3.63, 3.8) is 0 Å². The highest BCUT2D eigenvalue weighted by Gasteiger charge is 2.12. The molecule has 1 aromatic carbocycles. The second-order valence-electron chi connectivity index (χ2n) is 4.57. The standard InChI is InChI=1S/C14H14ClN3O3/c1-8-13(15)9(2)18(17-8)7-12(19)16-11-5-3-10(4-6-11)14(20)21/h3-6H,7H2,1-2H3,(H,16,19)(H,20,21). The molecule has 2 N–H and O–H groups in total. The number of aryl methyl sites for hydroxylation is 1. The van der Waals surface area contributed by atoms with Gasteiger partial charge in [0.25, 0.3) is 0 Å². The van der Waals surface area contributed by atoms with Crippen LogP contribution in [-0.4, -0.2) is 26.8 Å². The minimum atomic E-state index is -1.01. The maximum Gasteiger partial charge on any atom is 0.335 e. The molecule has 0 spiro atoms. The first kappa shape index (κ1) is 15.1. The van der Waals surface area contributed by atoms with Crippen molar-refractivity contribution in [1.82, 2.24) is 9.78 Å². The summed E-state index contributed by atoms with van der Waals surface area (Å²) in [4.78, 5) is 22.7. The molecule has 0 aliphatic rings. The Labute approximate surface area is 126 Å². The molecule has 2 rings (SSSR count). The average Bonchev–Trinajstić information content (AvgIpc) is 2.67. The Morgan fingerprint density at radius 2 is 1.90 bits per heavy atom. The van der Waals surface area contributed by atoms with Crippen LogP contribution in [0.1, 0.15) is 21.7 Å². The van der Waals surface area contributed by atoms with Gasteiger partial charge < -0.3 is 10.4 Å². The predicted molar refractivity (Wildman–Crippen MR) is 78.7 cm³/mol. The van der Waals surface area contributed by atoms with E-state index in [0.29, 0.717) is 16.4 Å². The van der Waals surface area contributed by atoms with E-state index in [1.54, 1.807) is 13.8 Å². The summed E-state index contributed by atoms with van der Waals surface area (Å²) in [6.45, 7) is 3.60. The molecule has 6 nitrogen and oxygen atoms in total. The van der Waals surface area contributed by atoms with E-state index >= 15 is 0 Å². The fraction of sp³-hybridized carbons (Fsp3) is 0.214. The molecule has 0 saturated carbocycles. The van der Waals surface area contributed by atoms with Gasteiger partial charge in [0.05, 0.1) is 22.0 Å². The summed E-state index contributed by atoms with van der Waals surface area (Å²) < 4.78 is 1.53. The minimum Gasteiger partial charge on any atom is -0.478 e. The number of nitrogens with zero attached hydrogens (tertiary/aromatic N) is 2. The molecule has 21 heavy (non-hydrogen) atoms. The van der Waals surface area contributed by atoms with Crippen molar-refractivity contribution in [2.24, 2.45) is 0 Å². The molecular weight excluding hydrogens is 294 g/mol. The van der Waals surface area contributed by atoms with Crippen molar-refractivity contribution in [2.45, 2.75) is 20.4 Å². The fourth-order valence-electron chi connectivity index (χ4n) is 1.86. The number of benzene rings is 1. The number of hydrogen-bond acceptors (Lipinski definition) is 3. The van der Waals surface area contributed by atoms with Crippen LogP contribution in [-0.2, 0) is 11.3 Å². The highest BCUT2D eigenvalue weighted by molar-refractivity contribution is 6.31. The number of aromatic carboxylic acids is 1. The van der Waals surface area contributed by atoms with Crippen molar-refractivity contribution in [1.29, 1.82) is 0 Å². The molecule has 0 unspecified atom stereocenters. The zero-order valence-electron chi connectivity index (χ0n) is 11.6. The lowest BCUT2D eigenvalue weighted by Crippen LogP contribution is -2.20. The van der Waals surface area contributed by atoms with Gasteiger partial charge in [-0.1, -0.05) is 11.6 Å². The summed E-state index contributed by atoms with van der Waals surface area (Å²) in [6, 6.07) is 5.93. The largest absolute Gasteiger partial charge is 0.478 e. The van der Waals surface area contributed by atoms with E-state index in [0.717, 1.165) is 5.69 Å². The second kappa shape index (κ2) is 5.97. The number of aromatic nitrogens is 2. The maximum absolute atomic E-state index is 11.9. The van der Waals surface area contributed by atoms with Gasteiger partial charge in [-0.25, -0.2) is 4.79 Å². The van der Waals surface area contributed by atoms with Crippen LogP contribution in [0.3, 0.4) is 0 Å². The molecule has 0 aliphatic carbocycles. The monoisotopic (exact) mass is 307 g/mol. The van der Waals surface area contributed by atoms with Crippen molar-refractivity contribution < 1.29 is 14.7 Å². The molecule has 1 heterocycles. The van der Waals surface area contributed by atoms with Crippen LogP contribution in [0.5, 0.6) is 0 Å². The number of hydrogen-bond donors (Lipinski definition) is 2. The van der Waals surface area contributed by atoms with Crippen LogP contribution in [0.2, 0.25) is 5.02 Å². The first-order valence-electron chi connectivity index (χ1n) is 6.21. The number of carboxylic acid groups (broad SMARTS) is 1. The Balaban J connectivity index is 2.04. The zero-order valence-corrected chi connectivity index (χ0v) is 12.3. The quantitative estimate of drug-likeness (QED) is 0.909. The van der Waals surface area contributed by atoms with Gasteiger partial charge in [0.15, 0.2) is 0 Å². The van der Waals surface area contributed by atoms with Gasteiger partial charge in [0, 0.05) is 5.69 Å². The highest BCUT2D eigenvalue weighted by atomic mass is 35.5. The Morgan fingerprint density at radius 1 is 1.29 bits per heavy atom.